The lowest BCUT2D eigenvalue weighted by Gasteiger charge is -2.26. The summed E-state index contributed by atoms with van der Waals surface area (Å²) in [6.45, 7) is 4.25. The highest BCUT2D eigenvalue weighted by atomic mass is 16.2. The first-order chi connectivity index (χ1) is 10.6. The fourth-order valence-electron chi connectivity index (χ4n) is 2.99. The largest absolute Gasteiger partial charge is 0.368 e. The van der Waals surface area contributed by atoms with E-state index in [1.807, 2.05) is 0 Å². The van der Waals surface area contributed by atoms with Gasteiger partial charge in [0, 0.05) is 32.7 Å². The van der Waals surface area contributed by atoms with Gasteiger partial charge in [0.05, 0.1) is 6.20 Å². The summed E-state index contributed by atoms with van der Waals surface area (Å²) in [5.41, 5.74) is 5.34. The quantitative estimate of drug-likeness (QED) is 0.677. The maximum atomic E-state index is 12.3. The average molecular weight is 307 g/mol. The van der Waals surface area contributed by atoms with Crippen LogP contribution in [0.1, 0.15) is 12.8 Å². The van der Waals surface area contributed by atoms with Crippen LogP contribution in [-0.2, 0) is 16.1 Å². The maximum absolute atomic E-state index is 12.3. The number of amides is 2. The van der Waals surface area contributed by atoms with Gasteiger partial charge >= 0.3 is 0 Å². The van der Waals surface area contributed by atoms with E-state index in [-0.39, 0.29) is 12.5 Å². The molecule has 120 valence electrons. The minimum atomic E-state index is -0.483. The van der Waals surface area contributed by atoms with Crippen molar-refractivity contribution in [3.8, 4) is 0 Å². The van der Waals surface area contributed by atoms with Crippen molar-refractivity contribution in [3.63, 3.8) is 0 Å². The highest BCUT2D eigenvalue weighted by molar-refractivity contribution is 5.87. The van der Waals surface area contributed by atoms with Crippen molar-refractivity contribution >= 4 is 17.6 Å². The Kier molecular flexibility index (Phi) is 4.23. The summed E-state index contributed by atoms with van der Waals surface area (Å²) in [5, 5.41) is 11.4. The molecular formula is C13H21N7O2. The molecule has 1 unspecified atom stereocenters. The minimum absolute atomic E-state index is 0.0862. The van der Waals surface area contributed by atoms with Gasteiger partial charge in [-0.3, -0.25) is 9.59 Å². The number of aromatic nitrogens is 3. The molecule has 2 saturated heterocycles. The molecule has 22 heavy (non-hydrogen) atoms. The molecule has 0 spiro atoms. The van der Waals surface area contributed by atoms with Gasteiger partial charge in [0.15, 0.2) is 5.82 Å². The van der Waals surface area contributed by atoms with E-state index in [9.17, 15) is 9.59 Å². The van der Waals surface area contributed by atoms with Crippen molar-refractivity contribution in [2.45, 2.75) is 25.4 Å². The third-order valence-electron chi connectivity index (χ3n) is 4.17. The molecule has 9 nitrogen and oxygen atoms in total. The summed E-state index contributed by atoms with van der Waals surface area (Å²) >= 11 is 0. The molecule has 0 aliphatic carbocycles. The van der Waals surface area contributed by atoms with Crippen LogP contribution in [0.15, 0.2) is 6.20 Å². The molecule has 1 aromatic heterocycles. The van der Waals surface area contributed by atoms with Crippen molar-refractivity contribution in [1.82, 2.24) is 25.2 Å². The molecule has 0 aromatic carbocycles. The third kappa shape index (κ3) is 3.03. The Balaban J connectivity index is 1.62. The topological polar surface area (TPSA) is 109 Å². The molecule has 2 aliphatic rings. The van der Waals surface area contributed by atoms with Crippen LogP contribution in [0.4, 0.5) is 5.82 Å². The van der Waals surface area contributed by atoms with Crippen molar-refractivity contribution in [2.24, 2.45) is 5.73 Å². The number of hydrogen-bond acceptors (Lipinski definition) is 6. The van der Waals surface area contributed by atoms with E-state index in [1.165, 1.54) is 4.68 Å². The van der Waals surface area contributed by atoms with E-state index in [1.54, 1.807) is 11.1 Å². The second kappa shape index (κ2) is 6.30. The average Bonchev–Trinajstić information content (AvgIpc) is 3.17. The molecular weight excluding hydrogens is 286 g/mol. The normalized spacial score (nSPS) is 22.1. The van der Waals surface area contributed by atoms with Crippen LogP contribution in [0.2, 0.25) is 0 Å². The lowest BCUT2D eigenvalue weighted by molar-refractivity contribution is -0.137. The molecule has 3 heterocycles. The van der Waals surface area contributed by atoms with Crippen molar-refractivity contribution in [1.29, 1.82) is 0 Å². The molecule has 3 rings (SSSR count). The van der Waals surface area contributed by atoms with Crippen LogP contribution in [0, 0.1) is 0 Å². The summed E-state index contributed by atoms with van der Waals surface area (Å²) in [5.74, 6) is 0.200. The fourth-order valence-corrected chi connectivity index (χ4v) is 2.99. The van der Waals surface area contributed by atoms with Gasteiger partial charge in [-0.15, -0.1) is 5.10 Å². The van der Waals surface area contributed by atoms with Gasteiger partial charge in [0.1, 0.15) is 12.6 Å². The van der Waals surface area contributed by atoms with E-state index >= 15 is 0 Å². The highest BCUT2D eigenvalue weighted by Gasteiger charge is 2.32. The first-order valence-electron chi connectivity index (χ1n) is 7.60. The number of nitrogens with two attached hydrogens (primary N) is 1. The zero-order valence-electron chi connectivity index (χ0n) is 12.4. The number of rotatable bonds is 4. The molecule has 1 atom stereocenters. The Morgan fingerprint density at radius 2 is 2.09 bits per heavy atom. The number of nitrogens with zero attached hydrogens (tertiary/aromatic N) is 5. The zero-order valence-corrected chi connectivity index (χ0v) is 12.4. The van der Waals surface area contributed by atoms with Crippen LogP contribution in [-0.4, -0.2) is 70.5 Å². The Bertz CT molecular complexity index is 552. The Morgan fingerprint density at radius 1 is 1.32 bits per heavy atom. The van der Waals surface area contributed by atoms with Crippen molar-refractivity contribution in [2.75, 3.05) is 37.6 Å². The third-order valence-corrected chi connectivity index (χ3v) is 4.17. The van der Waals surface area contributed by atoms with Crippen LogP contribution in [0.25, 0.3) is 0 Å². The van der Waals surface area contributed by atoms with Crippen LogP contribution >= 0.6 is 0 Å². The summed E-state index contributed by atoms with van der Waals surface area (Å²) in [7, 11) is 0. The number of carbonyl (C=O) groups is 2. The minimum Gasteiger partial charge on any atom is -0.368 e. The first-order valence-corrected chi connectivity index (χ1v) is 7.60. The van der Waals surface area contributed by atoms with Gasteiger partial charge in [-0.1, -0.05) is 5.21 Å². The summed E-state index contributed by atoms with van der Waals surface area (Å²) < 4.78 is 1.52. The van der Waals surface area contributed by atoms with E-state index in [4.69, 9.17) is 5.73 Å². The predicted molar refractivity (Wildman–Crippen MR) is 79.0 cm³/mol. The van der Waals surface area contributed by atoms with Gasteiger partial charge in [-0.05, 0) is 12.8 Å². The predicted octanol–water partition coefficient (Wildman–Crippen LogP) is -1.84. The number of carbonyl (C=O) groups excluding carboxylic acids is 2. The number of primary amides is 1. The maximum Gasteiger partial charge on any atom is 0.245 e. The SMILES string of the molecule is NC(=O)C1CCCN1C(=O)Cn1cc(N2CCNCC2)nn1. The molecule has 2 aliphatic heterocycles. The molecule has 0 radical (unpaired) electrons. The smallest absolute Gasteiger partial charge is 0.245 e. The molecule has 3 N–H and O–H groups in total. The number of piperazine rings is 1. The van der Waals surface area contributed by atoms with E-state index in [0.29, 0.717) is 13.0 Å². The monoisotopic (exact) mass is 307 g/mol. The fraction of sp³-hybridized carbons (Fsp3) is 0.692. The van der Waals surface area contributed by atoms with E-state index < -0.39 is 11.9 Å². The van der Waals surface area contributed by atoms with Crippen LogP contribution in [0.3, 0.4) is 0 Å². The van der Waals surface area contributed by atoms with Gasteiger partial charge in [0.25, 0.3) is 0 Å². The van der Waals surface area contributed by atoms with Gasteiger partial charge in [0.2, 0.25) is 11.8 Å². The zero-order chi connectivity index (χ0) is 15.5. The first kappa shape index (κ1) is 14.8. The second-order valence-corrected chi connectivity index (χ2v) is 5.66. The number of hydrogen-bond donors (Lipinski definition) is 2. The summed E-state index contributed by atoms with van der Waals surface area (Å²) in [6, 6.07) is -0.483. The lowest BCUT2D eigenvalue weighted by Crippen LogP contribution is -2.45. The van der Waals surface area contributed by atoms with Crippen LogP contribution in [0.5, 0.6) is 0 Å². The molecule has 9 heteroatoms. The number of anilines is 1. The van der Waals surface area contributed by atoms with Gasteiger partial charge in [-0.2, -0.15) is 0 Å². The molecule has 0 bridgehead atoms. The Hall–Kier alpha value is -2.16. The molecule has 2 amide bonds. The van der Waals surface area contributed by atoms with Crippen molar-refractivity contribution < 1.29 is 9.59 Å². The molecule has 2 fully saturated rings. The number of likely N-dealkylation sites (tertiary alicyclic amines) is 1. The second-order valence-electron chi connectivity index (χ2n) is 5.66. The van der Waals surface area contributed by atoms with Crippen molar-refractivity contribution in [3.05, 3.63) is 6.20 Å². The van der Waals surface area contributed by atoms with E-state index in [0.717, 1.165) is 38.4 Å². The van der Waals surface area contributed by atoms with Gasteiger partial charge < -0.3 is 20.9 Å². The lowest BCUT2D eigenvalue weighted by atomic mass is 10.2. The molecule has 0 saturated carbocycles. The standard InChI is InChI=1S/C13H21N7O2/c14-13(22)10-2-1-5-20(10)12(21)9-19-8-11(16-17-19)18-6-3-15-4-7-18/h8,10,15H,1-7,9H2,(H2,14,22). The number of nitrogens with one attached hydrogen (secondary N) is 1. The van der Waals surface area contributed by atoms with Gasteiger partial charge in [-0.25, -0.2) is 4.68 Å². The highest BCUT2D eigenvalue weighted by Crippen LogP contribution is 2.17. The van der Waals surface area contributed by atoms with E-state index in [2.05, 4.69) is 20.5 Å². The van der Waals surface area contributed by atoms with Crippen LogP contribution < -0.4 is 16.0 Å². The molecule has 1 aromatic rings. The summed E-state index contributed by atoms with van der Waals surface area (Å²) in [6.07, 6.45) is 3.23. The Morgan fingerprint density at radius 3 is 2.82 bits per heavy atom. The summed E-state index contributed by atoms with van der Waals surface area (Å²) in [4.78, 5) is 27.4. The Labute approximate surface area is 128 Å².